The van der Waals surface area contributed by atoms with E-state index in [1.807, 2.05) is 20.9 Å². The zero-order chi connectivity index (χ0) is 21.5. The van der Waals surface area contributed by atoms with Gasteiger partial charge < -0.3 is 9.57 Å². The summed E-state index contributed by atoms with van der Waals surface area (Å²) in [6, 6.07) is 7.10. The second kappa shape index (κ2) is 10.6. The van der Waals surface area contributed by atoms with Gasteiger partial charge in [0.05, 0.1) is 17.5 Å². The molecular weight excluding hydrogens is 405 g/mol. The lowest BCUT2D eigenvalue weighted by Gasteiger charge is -2.23. The summed E-state index contributed by atoms with van der Waals surface area (Å²) in [6.07, 6.45) is 8.05. The molecule has 0 spiro atoms. The molecule has 7 heteroatoms. The van der Waals surface area contributed by atoms with Crippen LogP contribution in [0.15, 0.2) is 35.2 Å². The maximum Gasteiger partial charge on any atom is 0.221 e. The standard InChI is InChI=1S/C23H29ClFN3O2/c1-4-20(17-10-12-18(24)13-11-17)22(25)15-29-26-14-21-16(2)27-28(3)23(21)30-19-8-6-5-7-9-19/h10-14,19H,4-9,15H2,1-3H3. The number of ether oxygens (including phenoxy) is 1. The third-order valence-electron chi connectivity index (χ3n) is 5.37. The summed E-state index contributed by atoms with van der Waals surface area (Å²) >= 11 is 5.92. The van der Waals surface area contributed by atoms with E-state index in [9.17, 15) is 4.39 Å². The number of aromatic nitrogens is 2. The van der Waals surface area contributed by atoms with Crippen molar-refractivity contribution in [1.82, 2.24) is 9.78 Å². The van der Waals surface area contributed by atoms with Crippen molar-refractivity contribution in [1.29, 1.82) is 0 Å². The van der Waals surface area contributed by atoms with Gasteiger partial charge in [-0.3, -0.25) is 0 Å². The quantitative estimate of drug-likeness (QED) is 0.366. The average Bonchev–Trinajstić information content (AvgIpc) is 3.00. The van der Waals surface area contributed by atoms with Crippen LogP contribution in [0, 0.1) is 6.92 Å². The molecule has 0 bridgehead atoms. The Labute approximate surface area is 182 Å². The first-order chi connectivity index (χ1) is 14.5. The Bertz CT molecular complexity index is 900. The Hall–Kier alpha value is -2.34. The van der Waals surface area contributed by atoms with Gasteiger partial charge >= 0.3 is 0 Å². The van der Waals surface area contributed by atoms with Crippen molar-refractivity contribution in [3.05, 3.63) is 51.9 Å². The van der Waals surface area contributed by atoms with E-state index in [2.05, 4.69) is 10.3 Å². The minimum absolute atomic E-state index is 0.202. The van der Waals surface area contributed by atoms with Crippen LogP contribution in [0.1, 0.15) is 62.3 Å². The zero-order valence-electron chi connectivity index (χ0n) is 17.8. The van der Waals surface area contributed by atoms with E-state index < -0.39 is 0 Å². The first-order valence-electron chi connectivity index (χ1n) is 10.5. The molecule has 1 aromatic heterocycles. The summed E-state index contributed by atoms with van der Waals surface area (Å²) in [5.41, 5.74) is 2.93. The molecule has 30 heavy (non-hydrogen) atoms. The molecule has 162 valence electrons. The predicted molar refractivity (Wildman–Crippen MR) is 119 cm³/mol. The second-order valence-electron chi connectivity index (χ2n) is 7.56. The molecule has 3 rings (SSSR count). The molecule has 0 saturated heterocycles. The first-order valence-corrected chi connectivity index (χ1v) is 10.9. The maximum atomic E-state index is 14.7. The van der Waals surface area contributed by atoms with E-state index in [0.717, 1.165) is 29.7 Å². The number of aryl methyl sites for hydroxylation is 2. The molecular formula is C23H29ClFN3O2. The van der Waals surface area contributed by atoms with Crippen LogP contribution in [0.5, 0.6) is 5.88 Å². The van der Waals surface area contributed by atoms with E-state index in [1.165, 1.54) is 19.3 Å². The fourth-order valence-corrected chi connectivity index (χ4v) is 3.88. The Balaban J connectivity index is 1.66. The first kappa shape index (κ1) is 22.3. The van der Waals surface area contributed by atoms with Gasteiger partial charge in [0.2, 0.25) is 5.88 Å². The molecule has 0 aliphatic heterocycles. The number of oxime groups is 1. The normalized spacial score (nSPS) is 16.0. The zero-order valence-corrected chi connectivity index (χ0v) is 18.6. The molecule has 0 unspecified atom stereocenters. The number of rotatable bonds is 8. The summed E-state index contributed by atoms with van der Waals surface area (Å²) in [7, 11) is 1.85. The number of halogens is 2. The van der Waals surface area contributed by atoms with Crippen molar-refractivity contribution in [3.8, 4) is 5.88 Å². The fourth-order valence-electron chi connectivity index (χ4n) is 3.76. The number of allylic oxidation sites excluding steroid dienone is 1. The molecule has 0 amide bonds. The van der Waals surface area contributed by atoms with Crippen LogP contribution in [-0.4, -0.2) is 28.7 Å². The van der Waals surface area contributed by atoms with E-state index in [-0.39, 0.29) is 18.5 Å². The topological polar surface area (TPSA) is 48.6 Å². The fraction of sp³-hybridized carbons (Fsp3) is 0.478. The van der Waals surface area contributed by atoms with Gasteiger partial charge in [0, 0.05) is 12.1 Å². The Morgan fingerprint density at radius 2 is 1.97 bits per heavy atom. The highest BCUT2D eigenvalue weighted by molar-refractivity contribution is 6.30. The molecule has 5 nitrogen and oxygen atoms in total. The van der Waals surface area contributed by atoms with E-state index in [0.29, 0.717) is 22.9 Å². The lowest BCUT2D eigenvalue weighted by atomic mass is 9.98. The summed E-state index contributed by atoms with van der Waals surface area (Å²) in [5, 5.41) is 9.03. The van der Waals surface area contributed by atoms with Gasteiger partial charge in [-0.1, -0.05) is 42.2 Å². The third-order valence-corrected chi connectivity index (χ3v) is 5.62. The number of hydrogen-bond acceptors (Lipinski definition) is 4. The molecule has 1 saturated carbocycles. The van der Waals surface area contributed by atoms with Crippen LogP contribution in [-0.2, 0) is 11.9 Å². The molecule has 1 aromatic carbocycles. The number of nitrogens with zero attached hydrogens (tertiary/aromatic N) is 3. The molecule has 1 aliphatic rings. The van der Waals surface area contributed by atoms with Crippen molar-refractivity contribution in [2.45, 2.75) is 58.5 Å². The van der Waals surface area contributed by atoms with Crippen LogP contribution in [0.3, 0.4) is 0 Å². The van der Waals surface area contributed by atoms with Crippen LogP contribution < -0.4 is 4.74 Å². The van der Waals surface area contributed by atoms with Crippen LogP contribution >= 0.6 is 11.6 Å². The van der Waals surface area contributed by atoms with Crippen LogP contribution in [0.25, 0.3) is 5.57 Å². The Kier molecular flexibility index (Phi) is 7.91. The van der Waals surface area contributed by atoms with Gasteiger partial charge in [-0.2, -0.15) is 5.10 Å². The van der Waals surface area contributed by atoms with Crippen molar-refractivity contribution in [2.24, 2.45) is 12.2 Å². The molecule has 1 aliphatic carbocycles. The summed E-state index contributed by atoms with van der Waals surface area (Å²) in [4.78, 5) is 5.25. The Morgan fingerprint density at radius 3 is 2.63 bits per heavy atom. The highest BCUT2D eigenvalue weighted by Gasteiger charge is 2.20. The predicted octanol–water partition coefficient (Wildman–Crippen LogP) is 6.23. The summed E-state index contributed by atoms with van der Waals surface area (Å²) in [6.45, 7) is 3.56. The second-order valence-corrected chi connectivity index (χ2v) is 7.99. The van der Waals surface area contributed by atoms with Gasteiger partial charge in [-0.05, 0) is 62.3 Å². The van der Waals surface area contributed by atoms with Gasteiger partial charge in [-0.25, -0.2) is 9.07 Å². The summed E-state index contributed by atoms with van der Waals surface area (Å²) < 4.78 is 22.6. The van der Waals surface area contributed by atoms with Gasteiger partial charge in [0.15, 0.2) is 6.61 Å². The van der Waals surface area contributed by atoms with E-state index in [1.54, 1.807) is 35.2 Å². The SMILES string of the molecule is CCC(=C(F)CON=Cc1c(C)nn(C)c1OC1CCCCC1)c1ccc(Cl)cc1. The van der Waals surface area contributed by atoms with Crippen molar-refractivity contribution < 1.29 is 14.0 Å². The third kappa shape index (κ3) is 5.63. The number of benzene rings is 1. The molecule has 2 aromatic rings. The van der Waals surface area contributed by atoms with Crippen LogP contribution in [0.2, 0.25) is 5.02 Å². The minimum atomic E-state index is -0.349. The highest BCUT2D eigenvalue weighted by Crippen LogP contribution is 2.27. The molecule has 0 atom stereocenters. The summed E-state index contributed by atoms with van der Waals surface area (Å²) in [5.74, 6) is 0.330. The lowest BCUT2D eigenvalue weighted by molar-refractivity contribution is 0.141. The monoisotopic (exact) mass is 433 g/mol. The van der Waals surface area contributed by atoms with Crippen molar-refractivity contribution >= 4 is 23.4 Å². The van der Waals surface area contributed by atoms with E-state index >= 15 is 0 Å². The molecule has 1 fully saturated rings. The average molecular weight is 434 g/mol. The van der Waals surface area contributed by atoms with Crippen LogP contribution in [0.4, 0.5) is 4.39 Å². The molecule has 1 heterocycles. The maximum absolute atomic E-state index is 14.7. The van der Waals surface area contributed by atoms with Gasteiger partial charge in [0.1, 0.15) is 11.9 Å². The smallest absolute Gasteiger partial charge is 0.221 e. The van der Waals surface area contributed by atoms with Gasteiger partial charge in [0.25, 0.3) is 0 Å². The number of hydrogen-bond donors (Lipinski definition) is 0. The Morgan fingerprint density at radius 1 is 1.27 bits per heavy atom. The van der Waals surface area contributed by atoms with Gasteiger partial charge in [-0.15, -0.1) is 0 Å². The molecule has 0 radical (unpaired) electrons. The molecule has 0 N–H and O–H groups in total. The van der Waals surface area contributed by atoms with E-state index in [4.69, 9.17) is 21.2 Å². The minimum Gasteiger partial charge on any atom is -0.474 e. The van der Waals surface area contributed by atoms with Crippen molar-refractivity contribution in [2.75, 3.05) is 6.61 Å². The van der Waals surface area contributed by atoms with Crippen molar-refractivity contribution in [3.63, 3.8) is 0 Å². The lowest BCUT2D eigenvalue weighted by Crippen LogP contribution is -2.21. The highest BCUT2D eigenvalue weighted by atomic mass is 35.5. The largest absolute Gasteiger partial charge is 0.474 e.